The molecule has 2 aliphatic heterocycles. The molecule has 1 amide bonds. The molecule has 0 saturated carbocycles. The summed E-state index contributed by atoms with van der Waals surface area (Å²) in [6.07, 6.45) is 0. The number of hydrogen-bond acceptors (Lipinski definition) is 4. The van der Waals surface area contributed by atoms with E-state index in [1.54, 1.807) is 0 Å². The van der Waals surface area contributed by atoms with E-state index in [4.69, 9.17) is 4.74 Å². The number of benzene rings is 1. The predicted octanol–water partition coefficient (Wildman–Crippen LogP) is 1.31. The molecule has 1 aromatic carbocycles. The van der Waals surface area contributed by atoms with E-state index >= 15 is 0 Å². The van der Waals surface area contributed by atoms with E-state index in [0.29, 0.717) is 17.4 Å². The van der Waals surface area contributed by atoms with Crippen LogP contribution in [0.2, 0.25) is 0 Å². The first-order valence-electron chi connectivity index (χ1n) is 6.26. The van der Waals surface area contributed by atoms with Gasteiger partial charge in [-0.25, -0.2) is 0 Å². The monoisotopic (exact) mass is 262 g/mol. The SMILES string of the molecule is O=C(c1ccc([N+](=O)[O-])cc1)N1CC2COCC2C1. The van der Waals surface area contributed by atoms with Crippen LogP contribution in [0, 0.1) is 22.0 Å². The Kier molecular flexibility index (Phi) is 2.94. The Balaban J connectivity index is 1.72. The van der Waals surface area contributed by atoms with Gasteiger partial charge in [0.25, 0.3) is 11.6 Å². The van der Waals surface area contributed by atoms with E-state index in [0.717, 1.165) is 26.3 Å². The van der Waals surface area contributed by atoms with E-state index in [9.17, 15) is 14.9 Å². The molecule has 6 heteroatoms. The molecule has 1 aromatic rings. The second kappa shape index (κ2) is 4.62. The van der Waals surface area contributed by atoms with Gasteiger partial charge in [0.1, 0.15) is 0 Å². The molecule has 6 nitrogen and oxygen atoms in total. The number of fused-ring (bicyclic) bond motifs is 1. The van der Waals surface area contributed by atoms with Gasteiger partial charge in [-0.2, -0.15) is 0 Å². The van der Waals surface area contributed by atoms with Crippen LogP contribution in [0.15, 0.2) is 24.3 Å². The smallest absolute Gasteiger partial charge is 0.269 e. The Morgan fingerprint density at radius 1 is 1.21 bits per heavy atom. The van der Waals surface area contributed by atoms with Gasteiger partial charge in [0.2, 0.25) is 0 Å². The lowest BCUT2D eigenvalue weighted by molar-refractivity contribution is -0.384. The van der Waals surface area contributed by atoms with Gasteiger partial charge in [0.15, 0.2) is 0 Å². The fourth-order valence-corrected chi connectivity index (χ4v) is 2.76. The van der Waals surface area contributed by atoms with Crippen molar-refractivity contribution < 1.29 is 14.5 Å². The quantitative estimate of drug-likeness (QED) is 0.595. The molecule has 2 heterocycles. The molecule has 2 atom stereocenters. The van der Waals surface area contributed by atoms with Crippen LogP contribution < -0.4 is 0 Å². The van der Waals surface area contributed by atoms with E-state index in [-0.39, 0.29) is 11.6 Å². The van der Waals surface area contributed by atoms with E-state index < -0.39 is 4.92 Å². The number of amides is 1. The lowest BCUT2D eigenvalue weighted by atomic mass is 10.0. The highest BCUT2D eigenvalue weighted by Crippen LogP contribution is 2.30. The van der Waals surface area contributed by atoms with Gasteiger partial charge in [-0.1, -0.05) is 0 Å². The number of nitro groups is 1. The van der Waals surface area contributed by atoms with Crippen molar-refractivity contribution in [3.63, 3.8) is 0 Å². The number of nitro benzene ring substituents is 1. The molecule has 2 unspecified atom stereocenters. The van der Waals surface area contributed by atoms with Crippen molar-refractivity contribution in [2.75, 3.05) is 26.3 Å². The maximum absolute atomic E-state index is 12.3. The van der Waals surface area contributed by atoms with Crippen LogP contribution in [0.3, 0.4) is 0 Å². The molecule has 2 saturated heterocycles. The number of non-ortho nitro benzene ring substituents is 1. The summed E-state index contributed by atoms with van der Waals surface area (Å²) in [5.74, 6) is 0.841. The Morgan fingerprint density at radius 2 is 1.79 bits per heavy atom. The predicted molar refractivity (Wildman–Crippen MR) is 66.8 cm³/mol. The standard InChI is InChI=1S/C13H14N2O4/c16-13(9-1-3-12(4-2-9)15(17)18)14-5-10-7-19-8-11(10)6-14/h1-4,10-11H,5-8H2. The Hall–Kier alpha value is -1.95. The number of ether oxygens (including phenoxy) is 1. The first-order chi connectivity index (χ1) is 9.15. The van der Waals surface area contributed by atoms with Crippen LogP contribution in [0.5, 0.6) is 0 Å². The van der Waals surface area contributed by atoms with Gasteiger partial charge < -0.3 is 9.64 Å². The van der Waals surface area contributed by atoms with Crippen LogP contribution in [-0.2, 0) is 4.74 Å². The van der Waals surface area contributed by atoms with Crippen molar-refractivity contribution in [2.24, 2.45) is 11.8 Å². The highest BCUT2D eigenvalue weighted by molar-refractivity contribution is 5.94. The van der Waals surface area contributed by atoms with Gasteiger partial charge in [-0.3, -0.25) is 14.9 Å². The highest BCUT2D eigenvalue weighted by atomic mass is 16.6. The first-order valence-corrected chi connectivity index (χ1v) is 6.26. The van der Waals surface area contributed by atoms with Gasteiger partial charge in [-0.05, 0) is 12.1 Å². The zero-order valence-corrected chi connectivity index (χ0v) is 10.3. The third-order valence-electron chi connectivity index (χ3n) is 3.85. The zero-order valence-electron chi connectivity index (χ0n) is 10.3. The van der Waals surface area contributed by atoms with Crippen LogP contribution in [0.1, 0.15) is 10.4 Å². The molecule has 0 N–H and O–H groups in total. The number of carbonyl (C=O) groups excluding carboxylic acids is 1. The Labute approximate surface area is 110 Å². The fourth-order valence-electron chi connectivity index (χ4n) is 2.76. The molecular weight excluding hydrogens is 248 g/mol. The summed E-state index contributed by atoms with van der Waals surface area (Å²) in [6, 6.07) is 5.77. The first kappa shape index (κ1) is 12.1. The third-order valence-corrected chi connectivity index (χ3v) is 3.85. The van der Waals surface area contributed by atoms with Crippen molar-refractivity contribution in [3.05, 3.63) is 39.9 Å². The lowest BCUT2D eigenvalue weighted by Gasteiger charge is -2.17. The molecule has 19 heavy (non-hydrogen) atoms. The molecule has 2 aliphatic rings. The number of likely N-dealkylation sites (tertiary alicyclic amines) is 1. The average Bonchev–Trinajstić information content (AvgIpc) is 2.98. The van der Waals surface area contributed by atoms with E-state index in [2.05, 4.69) is 0 Å². The minimum atomic E-state index is -0.466. The van der Waals surface area contributed by atoms with E-state index in [1.165, 1.54) is 24.3 Å². The van der Waals surface area contributed by atoms with Crippen molar-refractivity contribution >= 4 is 11.6 Å². The van der Waals surface area contributed by atoms with Crippen molar-refractivity contribution in [2.45, 2.75) is 0 Å². The molecule has 0 spiro atoms. The van der Waals surface area contributed by atoms with Crippen molar-refractivity contribution in [3.8, 4) is 0 Å². The van der Waals surface area contributed by atoms with Crippen molar-refractivity contribution in [1.82, 2.24) is 4.90 Å². The normalized spacial score (nSPS) is 25.4. The second-order valence-electron chi connectivity index (χ2n) is 5.07. The summed E-state index contributed by atoms with van der Waals surface area (Å²) in [5.41, 5.74) is 0.509. The summed E-state index contributed by atoms with van der Waals surface area (Å²) >= 11 is 0. The second-order valence-corrected chi connectivity index (χ2v) is 5.07. The van der Waals surface area contributed by atoms with Crippen molar-refractivity contribution in [1.29, 1.82) is 0 Å². The summed E-state index contributed by atoms with van der Waals surface area (Å²) < 4.78 is 5.37. The topological polar surface area (TPSA) is 72.7 Å². The van der Waals surface area contributed by atoms with Gasteiger partial charge in [-0.15, -0.1) is 0 Å². The molecule has 0 radical (unpaired) electrons. The van der Waals surface area contributed by atoms with Crippen LogP contribution in [0.25, 0.3) is 0 Å². The summed E-state index contributed by atoms with van der Waals surface area (Å²) in [6.45, 7) is 2.91. The molecule has 2 fully saturated rings. The van der Waals surface area contributed by atoms with Crippen LogP contribution in [0.4, 0.5) is 5.69 Å². The lowest BCUT2D eigenvalue weighted by Crippen LogP contribution is -2.30. The Bertz CT molecular complexity index is 502. The van der Waals surface area contributed by atoms with E-state index in [1.807, 2.05) is 4.90 Å². The van der Waals surface area contributed by atoms with Crippen LogP contribution >= 0.6 is 0 Å². The molecule has 3 rings (SSSR count). The Morgan fingerprint density at radius 3 is 2.32 bits per heavy atom. The number of hydrogen-bond donors (Lipinski definition) is 0. The summed E-state index contributed by atoms with van der Waals surface area (Å²) in [7, 11) is 0. The van der Waals surface area contributed by atoms with Gasteiger partial charge in [0.05, 0.1) is 18.1 Å². The third kappa shape index (κ3) is 2.19. The number of nitrogens with zero attached hydrogens (tertiary/aromatic N) is 2. The van der Waals surface area contributed by atoms with Crippen LogP contribution in [-0.4, -0.2) is 42.0 Å². The average molecular weight is 262 g/mol. The molecule has 100 valence electrons. The number of rotatable bonds is 2. The largest absolute Gasteiger partial charge is 0.381 e. The highest BCUT2D eigenvalue weighted by Gasteiger charge is 2.39. The molecule has 0 aromatic heterocycles. The molecule has 0 bridgehead atoms. The molecular formula is C13H14N2O4. The summed E-state index contributed by atoms with van der Waals surface area (Å²) in [4.78, 5) is 24.2. The minimum Gasteiger partial charge on any atom is -0.381 e. The molecule has 0 aliphatic carbocycles. The van der Waals surface area contributed by atoms with Gasteiger partial charge >= 0.3 is 0 Å². The van der Waals surface area contributed by atoms with Gasteiger partial charge in [0, 0.05) is 42.6 Å². The maximum Gasteiger partial charge on any atom is 0.269 e. The summed E-state index contributed by atoms with van der Waals surface area (Å²) in [5, 5.41) is 10.6. The number of carbonyl (C=O) groups is 1. The zero-order chi connectivity index (χ0) is 13.4. The minimum absolute atomic E-state index is 0.00300. The maximum atomic E-state index is 12.3. The fraction of sp³-hybridized carbons (Fsp3) is 0.462.